The molecule has 8 heteroatoms. The van der Waals surface area contributed by atoms with Crippen molar-refractivity contribution in [3.8, 4) is 0 Å². The summed E-state index contributed by atoms with van der Waals surface area (Å²) in [5, 5.41) is 3.04. The van der Waals surface area contributed by atoms with Crippen molar-refractivity contribution in [2.75, 3.05) is 11.9 Å². The van der Waals surface area contributed by atoms with Gasteiger partial charge in [0.2, 0.25) is 0 Å². The summed E-state index contributed by atoms with van der Waals surface area (Å²) in [5.74, 6) is 0.00287. The van der Waals surface area contributed by atoms with E-state index in [1.807, 2.05) is 0 Å². The quantitative estimate of drug-likeness (QED) is 0.745. The van der Waals surface area contributed by atoms with Crippen molar-refractivity contribution in [3.63, 3.8) is 0 Å². The SMILES string of the molecule is Fc1ccc(CNc2nc(F)nc3c2ncn3C2CCCO2)cc1. The summed E-state index contributed by atoms with van der Waals surface area (Å²) in [4.78, 5) is 12.0. The highest BCUT2D eigenvalue weighted by Crippen LogP contribution is 2.28. The van der Waals surface area contributed by atoms with Crippen LogP contribution in [-0.2, 0) is 11.3 Å². The number of benzene rings is 1. The van der Waals surface area contributed by atoms with E-state index in [9.17, 15) is 8.78 Å². The Morgan fingerprint density at radius 3 is 2.79 bits per heavy atom. The van der Waals surface area contributed by atoms with Gasteiger partial charge in [-0.25, -0.2) is 9.37 Å². The minimum atomic E-state index is -0.830. The van der Waals surface area contributed by atoms with Crippen molar-refractivity contribution in [3.05, 3.63) is 48.1 Å². The summed E-state index contributed by atoms with van der Waals surface area (Å²) in [7, 11) is 0. The minimum Gasteiger partial charge on any atom is -0.364 e. The molecule has 1 unspecified atom stereocenters. The Bertz CT molecular complexity index is 859. The van der Waals surface area contributed by atoms with Crippen LogP contribution in [0.3, 0.4) is 0 Å². The van der Waals surface area contributed by atoms with Crippen LogP contribution in [0.5, 0.6) is 0 Å². The number of hydrogen-bond donors (Lipinski definition) is 1. The number of rotatable bonds is 4. The molecule has 4 rings (SSSR count). The van der Waals surface area contributed by atoms with E-state index >= 15 is 0 Å². The summed E-state index contributed by atoms with van der Waals surface area (Å²) in [5.41, 5.74) is 1.73. The van der Waals surface area contributed by atoms with Crippen LogP contribution in [0.2, 0.25) is 0 Å². The van der Waals surface area contributed by atoms with Gasteiger partial charge in [0.05, 0.1) is 6.33 Å². The normalized spacial score (nSPS) is 17.5. The number of hydrogen-bond acceptors (Lipinski definition) is 5. The monoisotopic (exact) mass is 331 g/mol. The van der Waals surface area contributed by atoms with Crippen LogP contribution in [0, 0.1) is 11.9 Å². The van der Waals surface area contributed by atoms with Crippen molar-refractivity contribution >= 4 is 17.0 Å². The minimum absolute atomic E-state index is 0.172. The Balaban J connectivity index is 1.63. The molecule has 1 aliphatic heterocycles. The number of imidazole rings is 1. The number of anilines is 1. The highest BCUT2D eigenvalue weighted by molar-refractivity contribution is 5.82. The maximum atomic E-state index is 13.8. The first-order chi connectivity index (χ1) is 11.7. The molecule has 24 heavy (non-hydrogen) atoms. The second kappa shape index (κ2) is 6.12. The van der Waals surface area contributed by atoms with Gasteiger partial charge in [-0.15, -0.1) is 0 Å². The highest BCUT2D eigenvalue weighted by Gasteiger charge is 2.22. The topological polar surface area (TPSA) is 64.9 Å². The second-order valence-electron chi connectivity index (χ2n) is 5.61. The molecule has 2 aromatic heterocycles. The first-order valence-electron chi connectivity index (χ1n) is 7.71. The van der Waals surface area contributed by atoms with Crippen molar-refractivity contribution in [1.29, 1.82) is 0 Å². The van der Waals surface area contributed by atoms with Gasteiger partial charge in [-0.05, 0) is 30.5 Å². The smallest absolute Gasteiger partial charge is 0.312 e. The van der Waals surface area contributed by atoms with Gasteiger partial charge in [0.1, 0.15) is 12.0 Å². The molecule has 3 heterocycles. The van der Waals surface area contributed by atoms with Gasteiger partial charge < -0.3 is 10.1 Å². The zero-order chi connectivity index (χ0) is 16.5. The number of nitrogens with zero attached hydrogens (tertiary/aromatic N) is 4. The number of fused-ring (bicyclic) bond motifs is 1. The van der Waals surface area contributed by atoms with E-state index in [0.717, 1.165) is 18.4 Å². The van der Waals surface area contributed by atoms with Crippen molar-refractivity contribution in [2.24, 2.45) is 0 Å². The third kappa shape index (κ3) is 2.80. The fourth-order valence-electron chi connectivity index (χ4n) is 2.79. The molecule has 0 spiro atoms. The van der Waals surface area contributed by atoms with Gasteiger partial charge >= 0.3 is 6.08 Å². The average Bonchev–Trinajstić information content (AvgIpc) is 3.22. The third-order valence-electron chi connectivity index (χ3n) is 3.98. The van der Waals surface area contributed by atoms with Gasteiger partial charge in [0, 0.05) is 13.2 Å². The summed E-state index contributed by atoms with van der Waals surface area (Å²) in [6.45, 7) is 1.05. The first-order valence-corrected chi connectivity index (χ1v) is 7.71. The Labute approximate surface area is 136 Å². The molecule has 6 nitrogen and oxygen atoms in total. The van der Waals surface area contributed by atoms with E-state index in [4.69, 9.17) is 4.74 Å². The van der Waals surface area contributed by atoms with Gasteiger partial charge in [0.15, 0.2) is 17.0 Å². The van der Waals surface area contributed by atoms with Crippen LogP contribution in [0.4, 0.5) is 14.6 Å². The van der Waals surface area contributed by atoms with Crippen LogP contribution in [0.1, 0.15) is 24.6 Å². The predicted molar refractivity (Wildman–Crippen MR) is 83.2 cm³/mol. The molecule has 0 bridgehead atoms. The predicted octanol–water partition coefficient (Wildman–Crippen LogP) is 3.03. The molecule has 1 aliphatic rings. The van der Waals surface area contributed by atoms with Crippen molar-refractivity contribution < 1.29 is 13.5 Å². The molecule has 0 aliphatic carbocycles. The summed E-state index contributed by atoms with van der Waals surface area (Å²) >= 11 is 0. The van der Waals surface area contributed by atoms with Crippen molar-refractivity contribution in [1.82, 2.24) is 19.5 Å². The van der Waals surface area contributed by atoms with Crippen LogP contribution < -0.4 is 5.32 Å². The van der Waals surface area contributed by atoms with Crippen LogP contribution in [-0.4, -0.2) is 26.1 Å². The largest absolute Gasteiger partial charge is 0.364 e. The molecule has 1 aromatic carbocycles. The van der Waals surface area contributed by atoms with Crippen LogP contribution in [0.25, 0.3) is 11.2 Å². The van der Waals surface area contributed by atoms with Crippen molar-refractivity contribution in [2.45, 2.75) is 25.6 Å². The summed E-state index contributed by atoms with van der Waals surface area (Å²) < 4.78 is 34.1. The van der Waals surface area contributed by atoms with Crippen LogP contribution in [0.15, 0.2) is 30.6 Å². The first kappa shape index (κ1) is 14.9. The molecule has 0 amide bonds. The van der Waals surface area contributed by atoms with E-state index in [-0.39, 0.29) is 12.0 Å². The Morgan fingerprint density at radius 1 is 1.21 bits per heavy atom. The standard InChI is InChI=1S/C16H15F2N5O/c17-11-5-3-10(4-6-11)8-19-14-13-15(22-16(18)21-14)23(9-20-13)12-2-1-7-24-12/h3-6,9,12H,1-2,7-8H2,(H,19,21,22). The Hall–Kier alpha value is -2.61. The molecular formula is C16H15F2N5O. The molecule has 124 valence electrons. The maximum absolute atomic E-state index is 13.8. The fraction of sp³-hybridized carbons (Fsp3) is 0.312. The number of nitrogens with one attached hydrogen (secondary N) is 1. The molecular weight excluding hydrogens is 316 g/mol. The summed E-state index contributed by atoms with van der Waals surface area (Å²) in [6.07, 6.45) is 2.39. The lowest BCUT2D eigenvalue weighted by Gasteiger charge is -2.12. The van der Waals surface area contributed by atoms with E-state index < -0.39 is 6.08 Å². The lowest BCUT2D eigenvalue weighted by atomic mass is 10.2. The van der Waals surface area contributed by atoms with Gasteiger partial charge in [-0.3, -0.25) is 4.57 Å². The molecule has 0 saturated carbocycles. The second-order valence-corrected chi connectivity index (χ2v) is 5.61. The average molecular weight is 331 g/mol. The Morgan fingerprint density at radius 2 is 2.04 bits per heavy atom. The lowest BCUT2D eigenvalue weighted by Crippen LogP contribution is -2.09. The lowest BCUT2D eigenvalue weighted by molar-refractivity contribution is 0.0592. The molecule has 0 radical (unpaired) electrons. The van der Waals surface area contributed by atoms with E-state index in [1.54, 1.807) is 23.0 Å². The zero-order valence-corrected chi connectivity index (χ0v) is 12.7. The molecule has 3 aromatic rings. The molecule has 1 saturated heterocycles. The Kier molecular flexibility index (Phi) is 3.81. The fourth-order valence-corrected chi connectivity index (χ4v) is 2.79. The molecule has 1 fully saturated rings. The summed E-state index contributed by atoms with van der Waals surface area (Å²) in [6, 6.07) is 6.06. The van der Waals surface area contributed by atoms with Gasteiger partial charge in [-0.2, -0.15) is 14.4 Å². The molecule has 1 atom stereocenters. The van der Waals surface area contributed by atoms with E-state index in [0.29, 0.717) is 30.1 Å². The third-order valence-corrected chi connectivity index (χ3v) is 3.98. The highest BCUT2D eigenvalue weighted by atomic mass is 19.1. The maximum Gasteiger partial charge on any atom is 0.312 e. The van der Waals surface area contributed by atoms with Gasteiger partial charge in [0.25, 0.3) is 0 Å². The number of aromatic nitrogens is 4. The molecule has 1 N–H and O–H groups in total. The van der Waals surface area contributed by atoms with E-state index in [2.05, 4.69) is 20.3 Å². The number of halogens is 2. The van der Waals surface area contributed by atoms with E-state index in [1.165, 1.54) is 12.1 Å². The van der Waals surface area contributed by atoms with Crippen LogP contribution >= 0.6 is 0 Å². The van der Waals surface area contributed by atoms with Gasteiger partial charge in [-0.1, -0.05) is 12.1 Å². The zero-order valence-electron chi connectivity index (χ0n) is 12.7. The number of ether oxygens (including phenoxy) is 1.